The third-order valence-electron chi connectivity index (χ3n) is 4.27. The topological polar surface area (TPSA) is 112 Å². The predicted molar refractivity (Wildman–Crippen MR) is 104 cm³/mol. The lowest BCUT2D eigenvalue weighted by Crippen LogP contribution is -2.24. The van der Waals surface area contributed by atoms with Gasteiger partial charge in [0.15, 0.2) is 10.8 Å². The van der Waals surface area contributed by atoms with E-state index in [0.29, 0.717) is 0 Å². The molecule has 0 spiro atoms. The van der Waals surface area contributed by atoms with Gasteiger partial charge < -0.3 is 14.8 Å². The minimum absolute atomic E-state index is 0.0814. The van der Waals surface area contributed by atoms with Gasteiger partial charge in [-0.1, -0.05) is 18.2 Å². The van der Waals surface area contributed by atoms with E-state index in [1.165, 1.54) is 24.9 Å². The Hall–Kier alpha value is -3.20. The van der Waals surface area contributed by atoms with E-state index in [-0.39, 0.29) is 22.6 Å². The molecule has 27 heavy (non-hydrogen) atoms. The number of rotatable bonds is 5. The number of methoxy groups -OCH3 is 1. The first-order valence-electron chi connectivity index (χ1n) is 8.10. The molecule has 2 heterocycles. The highest BCUT2D eigenvalue weighted by Gasteiger charge is 2.20. The molecule has 0 aliphatic heterocycles. The molecule has 0 aliphatic rings. The summed E-state index contributed by atoms with van der Waals surface area (Å²) in [7, 11) is 2.78. The van der Waals surface area contributed by atoms with E-state index in [4.69, 9.17) is 17.0 Å². The number of nitrogens with zero attached hydrogens (tertiary/aromatic N) is 2. The summed E-state index contributed by atoms with van der Waals surface area (Å²) >= 11 is 4.93. The van der Waals surface area contributed by atoms with Crippen LogP contribution in [0.25, 0.3) is 10.9 Å². The molecule has 0 radical (unpaired) electrons. The van der Waals surface area contributed by atoms with Gasteiger partial charge in [0.1, 0.15) is 5.56 Å². The van der Waals surface area contributed by atoms with Crippen molar-refractivity contribution in [3.63, 3.8) is 0 Å². The minimum Gasteiger partial charge on any atom is -0.494 e. The number of hydrogen-bond acceptors (Lipinski definition) is 6. The van der Waals surface area contributed by atoms with Gasteiger partial charge in [-0.05, 0) is 23.8 Å². The number of aromatic hydroxyl groups is 1. The van der Waals surface area contributed by atoms with Crippen LogP contribution in [0.5, 0.6) is 5.88 Å². The Kier molecular flexibility index (Phi) is 5.22. The number of nitrogens with one attached hydrogen (secondary N) is 2. The first-order valence-corrected chi connectivity index (χ1v) is 8.51. The molecule has 1 unspecified atom stereocenters. The summed E-state index contributed by atoms with van der Waals surface area (Å²) in [4.78, 5) is 34.0. The number of aromatic amines is 2. The Labute approximate surface area is 159 Å². The number of benzene rings is 1. The van der Waals surface area contributed by atoms with E-state index in [1.807, 2.05) is 30.5 Å². The van der Waals surface area contributed by atoms with Crippen LogP contribution >= 0.6 is 12.2 Å². The molecule has 0 saturated heterocycles. The van der Waals surface area contributed by atoms with Crippen molar-refractivity contribution in [2.45, 2.75) is 12.5 Å². The van der Waals surface area contributed by atoms with E-state index in [0.717, 1.165) is 16.5 Å². The molecular weight excluding hydrogens is 368 g/mol. The number of carbonyl (C=O) groups is 1. The predicted octanol–water partition coefficient (Wildman–Crippen LogP) is 1.83. The monoisotopic (exact) mass is 386 g/mol. The summed E-state index contributed by atoms with van der Waals surface area (Å²) in [5, 5.41) is 11.1. The molecule has 2 aromatic heterocycles. The number of ether oxygens (including phenoxy) is 1. The van der Waals surface area contributed by atoms with Gasteiger partial charge >= 0.3 is 5.97 Å². The van der Waals surface area contributed by atoms with Gasteiger partial charge in [0.2, 0.25) is 5.88 Å². The fourth-order valence-electron chi connectivity index (χ4n) is 2.75. The van der Waals surface area contributed by atoms with Crippen LogP contribution in [0.4, 0.5) is 0 Å². The molecule has 1 aromatic carbocycles. The SMILES string of the molecule is COC(=O)C(Cc1c[nH]c2ccccc12)N=Cc1c(O)n(C)c(=S)[nH]c1=O. The van der Waals surface area contributed by atoms with Crippen LogP contribution < -0.4 is 5.56 Å². The van der Waals surface area contributed by atoms with Crippen molar-refractivity contribution in [2.75, 3.05) is 7.11 Å². The lowest BCUT2D eigenvalue weighted by molar-refractivity contribution is -0.142. The second-order valence-corrected chi connectivity index (χ2v) is 6.32. The maximum absolute atomic E-state index is 12.2. The molecule has 0 saturated carbocycles. The Bertz CT molecular complexity index is 1140. The molecule has 0 amide bonds. The number of fused-ring (bicyclic) bond motifs is 1. The minimum atomic E-state index is -0.874. The first kappa shape index (κ1) is 18.6. The van der Waals surface area contributed by atoms with Gasteiger partial charge in [0.25, 0.3) is 5.56 Å². The molecule has 0 bridgehead atoms. The van der Waals surface area contributed by atoms with Crippen molar-refractivity contribution in [3.8, 4) is 5.88 Å². The third kappa shape index (κ3) is 3.68. The van der Waals surface area contributed by atoms with Gasteiger partial charge in [-0.15, -0.1) is 0 Å². The Morgan fingerprint density at radius 2 is 2.19 bits per heavy atom. The number of aliphatic imine (C=N–C) groups is 1. The summed E-state index contributed by atoms with van der Waals surface area (Å²) < 4.78 is 6.15. The highest BCUT2D eigenvalue weighted by Crippen LogP contribution is 2.20. The van der Waals surface area contributed by atoms with Crippen molar-refractivity contribution in [3.05, 3.63) is 56.7 Å². The van der Waals surface area contributed by atoms with E-state index < -0.39 is 17.6 Å². The number of para-hydroxylation sites is 1. The average Bonchev–Trinajstić information content (AvgIpc) is 3.07. The standard InChI is InChI=1S/C18H18N4O4S/c1-22-16(24)12(15(23)21-18(22)27)9-20-14(17(25)26-2)7-10-8-19-13-6-4-3-5-11(10)13/h3-6,8-9,14,19,24H,7H2,1-2H3,(H,21,23,27). The van der Waals surface area contributed by atoms with Gasteiger partial charge in [0, 0.05) is 36.8 Å². The lowest BCUT2D eigenvalue weighted by atomic mass is 10.1. The van der Waals surface area contributed by atoms with E-state index >= 15 is 0 Å². The maximum atomic E-state index is 12.2. The fraction of sp³-hybridized carbons (Fsp3) is 0.222. The van der Waals surface area contributed by atoms with E-state index in [1.54, 1.807) is 0 Å². The van der Waals surface area contributed by atoms with Gasteiger partial charge in [-0.2, -0.15) is 0 Å². The zero-order valence-corrected chi connectivity index (χ0v) is 15.5. The van der Waals surface area contributed by atoms with Crippen molar-refractivity contribution in [2.24, 2.45) is 12.0 Å². The molecule has 9 heteroatoms. The van der Waals surface area contributed by atoms with Gasteiger partial charge in [0.05, 0.1) is 7.11 Å². The second kappa shape index (κ2) is 7.58. The molecule has 3 N–H and O–H groups in total. The van der Waals surface area contributed by atoms with Gasteiger partial charge in [-0.3, -0.25) is 19.3 Å². The summed E-state index contributed by atoms with van der Waals surface area (Å²) in [6.07, 6.45) is 3.25. The van der Waals surface area contributed by atoms with Crippen LogP contribution in [0.15, 0.2) is 40.2 Å². The summed E-state index contributed by atoms with van der Waals surface area (Å²) in [5.41, 5.74) is 1.17. The van der Waals surface area contributed by atoms with Crippen LogP contribution in [0, 0.1) is 4.77 Å². The molecule has 0 fully saturated rings. The Morgan fingerprint density at radius 3 is 2.93 bits per heavy atom. The van der Waals surface area contributed by atoms with E-state index in [2.05, 4.69) is 15.0 Å². The van der Waals surface area contributed by atoms with Crippen molar-refractivity contribution in [1.82, 2.24) is 14.5 Å². The Morgan fingerprint density at radius 1 is 1.44 bits per heavy atom. The van der Waals surface area contributed by atoms with Crippen LogP contribution in [0.3, 0.4) is 0 Å². The molecule has 0 aliphatic carbocycles. The molecular formula is C18H18N4O4S. The second-order valence-electron chi connectivity index (χ2n) is 5.94. The molecule has 8 nitrogen and oxygen atoms in total. The number of carbonyl (C=O) groups excluding carboxylic acids is 1. The highest BCUT2D eigenvalue weighted by molar-refractivity contribution is 7.71. The summed E-state index contributed by atoms with van der Waals surface area (Å²) in [5.74, 6) is -0.875. The van der Waals surface area contributed by atoms with Crippen molar-refractivity contribution < 1.29 is 14.6 Å². The van der Waals surface area contributed by atoms with Crippen LogP contribution in [-0.4, -0.2) is 45.0 Å². The lowest BCUT2D eigenvalue weighted by Gasteiger charge is -2.10. The van der Waals surface area contributed by atoms with Crippen LogP contribution in [0.2, 0.25) is 0 Å². The van der Waals surface area contributed by atoms with Crippen molar-refractivity contribution in [1.29, 1.82) is 0 Å². The zero-order chi connectivity index (χ0) is 19.6. The summed E-state index contributed by atoms with van der Waals surface area (Å²) in [6.45, 7) is 0. The molecule has 140 valence electrons. The molecule has 3 aromatic rings. The quantitative estimate of drug-likeness (QED) is 0.352. The number of esters is 1. The summed E-state index contributed by atoms with van der Waals surface area (Å²) in [6, 6.07) is 6.82. The highest BCUT2D eigenvalue weighted by atomic mass is 32.1. The zero-order valence-electron chi connectivity index (χ0n) is 14.7. The molecule has 1 atom stereocenters. The molecule has 3 rings (SSSR count). The van der Waals surface area contributed by atoms with Crippen LogP contribution in [-0.2, 0) is 23.0 Å². The first-order chi connectivity index (χ1) is 12.9. The van der Waals surface area contributed by atoms with Gasteiger partial charge in [-0.25, -0.2) is 4.79 Å². The number of H-pyrrole nitrogens is 2. The van der Waals surface area contributed by atoms with Crippen LogP contribution in [0.1, 0.15) is 11.1 Å². The smallest absolute Gasteiger partial charge is 0.330 e. The maximum Gasteiger partial charge on any atom is 0.330 e. The third-order valence-corrected chi connectivity index (χ3v) is 4.65. The normalized spacial score (nSPS) is 12.5. The number of hydrogen-bond donors (Lipinski definition) is 3. The average molecular weight is 386 g/mol. The van der Waals surface area contributed by atoms with Crippen molar-refractivity contribution >= 4 is 35.3 Å². The number of aromatic nitrogens is 3. The Balaban J connectivity index is 1.96. The largest absolute Gasteiger partial charge is 0.494 e. The fourth-order valence-corrected chi connectivity index (χ4v) is 2.93. The van der Waals surface area contributed by atoms with E-state index in [9.17, 15) is 14.7 Å².